The molecule has 1 aromatic carbocycles. The van der Waals surface area contributed by atoms with E-state index in [9.17, 15) is 0 Å². The third-order valence-electron chi connectivity index (χ3n) is 5.16. The van der Waals surface area contributed by atoms with E-state index in [-0.39, 0.29) is 6.61 Å². The van der Waals surface area contributed by atoms with Crippen LogP contribution >= 0.6 is 0 Å². The number of ether oxygens (including phenoxy) is 2. The van der Waals surface area contributed by atoms with Crippen LogP contribution in [-0.2, 0) is 22.3 Å². The lowest BCUT2D eigenvalue weighted by Gasteiger charge is -2.26. The zero-order valence-electron chi connectivity index (χ0n) is 16.2. The Morgan fingerprint density at radius 1 is 1.27 bits per heavy atom. The first-order valence-electron chi connectivity index (χ1n) is 10.0. The Morgan fingerprint density at radius 3 is 2.92 bits per heavy atom. The molecule has 0 fully saturated rings. The molecule has 0 saturated heterocycles. The van der Waals surface area contributed by atoms with Gasteiger partial charge in [0.1, 0.15) is 0 Å². The molecule has 0 amide bonds. The molecule has 0 aromatic heterocycles. The maximum absolute atomic E-state index is 8.97. The quantitative estimate of drug-likeness (QED) is 0.443. The monoisotopic (exact) mass is 361 g/mol. The summed E-state index contributed by atoms with van der Waals surface area (Å²) in [6.45, 7) is 4.91. The van der Waals surface area contributed by atoms with E-state index in [1.807, 2.05) is 19.1 Å². The minimum absolute atomic E-state index is 0.267. The summed E-state index contributed by atoms with van der Waals surface area (Å²) in [5.74, 6) is 0.398. The van der Waals surface area contributed by atoms with E-state index < -0.39 is 0 Å². The molecule has 1 aliphatic carbocycles. The number of allylic oxidation sites excluding steroid dienone is 1. The number of aliphatic hydroxyl groups excluding tert-OH is 1. The topological polar surface area (TPSA) is 64.7 Å². The summed E-state index contributed by atoms with van der Waals surface area (Å²) in [6, 6.07) is 6.84. The second-order valence-electron chi connectivity index (χ2n) is 7.06. The van der Waals surface area contributed by atoms with Crippen molar-refractivity contribution < 1.29 is 14.6 Å². The van der Waals surface area contributed by atoms with Crippen LogP contribution in [0.1, 0.15) is 55.2 Å². The highest BCUT2D eigenvalue weighted by molar-refractivity contribution is 5.36. The van der Waals surface area contributed by atoms with Gasteiger partial charge in [-0.2, -0.15) is 0 Å². The van der Waals surface area contributed by atoms with Gasteiger partial charge in [-0.3, -0.25) is 0 Å². The van der Waals surface area contributed by atoms with E-state index in [1.165, 1.54) is 16.7 Å². The third-order valence-corrected chi connectivity index (χ3v) is 5.16. The van der Waals surface area contributed by atoms with Gasteiger partial charge < -0.3 is 20.3 Å². The maximum Gasteiger partial charge on any atom is 0.0704 e. The Kier molecular flexibility index (Phi) is 9.93. The summed E-state index contributed by atoms with van der Waals surface area (Å²) in [6.07, 6.45) is 10.4. The number of hydrogen-bond acceptors (Lipinski definition) is 4. The van der Waals surface area contributed by atoms with Crippen LogP contribution in [0.5, 0.6) is 0 Å². The largest absolute Gasteiger partial charge is 0.396 e. The second kappa shape index (κ2) is 12.2. The lowest BCUT2D eigenvalue weighted by molar-refractivity contribution is 0.00491. The zero-order valence-corrected chi connectivity index (χ0v) is 16.2. The number of nitrogens with two attached hydrogens (primary N) is 1. The van der Waals surface area contributed by atoms with Gasteiger partial charge in [-0.1, -0.05) is 36.8 Å². The predicted octanol–water partition coefficient (Wildman–Crippen LogP) is 3.36. The Morgan fingerprint density at radius 2 is 2.15 bits per heavy atom. The first kappa shape index (κ1) is 21.1. The van der Waals surface area contributed by atoms with Gasteiger partial charge in [-0.05, 0) is 68.2 Å². The Hall–Kier alpha value is -1.20. The van der Waals surface area contributed by atoms with E-state index in [4.69, 9.17) is 20.3 Å². The minimum Gasteiger partial charge on any atom is -0.396 e. The molecule has 0 radical (unpaired) electrons. The van der Waals surface area contributed by atoms with E-state index in [0.29, 0.717) is 38.4 Å². The maximum atomic E-state index is 8.97. The van der Waals surface area contributed by atoms with Crippen molar-refractivity contribution in [1.29, 1.82) is 0 Å². The average molecular weight is 362 g/mol. The van der Waals surface area contributed by atoms with Crippen LogP contribution in [0.4, 0.5) is 0 Å². The summed E-state index contributed by atoms with van der Waals surface area (Å²) in [5.41, 5.74) is 10.2. The van der Waals surface area contributed by atoms with Gasteiger partial charge in [0.25, 0.3) is 0 Å². The Balaban J connectivity index is 1.82. The molecule has 1 aliphatic rings. The highest BCUT2D eigenvalue weighted by Crippen LogP contribution is 2.28. The van der Waals surface area contributed by atoms with Crippen LogP contribution in [0, 0.1) is 0 Å². The van der Waals surface area contributed by atoms with Gasteiger partial charge >= 0.3 is 0 Å². The van der Waals surface area contributed by atoms with Crippen LogP contribution in [0.15, 0.2) is 30.4 Å². The number of unbranched alkanes of at least 4 members (excludes halogenated alkanes) is 1. The molecule has 2 rings (SSSR count). The normalized spacial score (nSPS) is 18.2. The molecule has 0 heterocycles. The lowest BCUT2D eigenvalue weighted by atomic mass is 9.85. The molecular weight excluding hydrogens is 326 g/mol. The molecule has 2 atom stereocenters. The van der Waals surface area contributed by atoms with Crippen molar-refractivity contribution in [3.63, 3.8) is 0 Å². The summed E-state index contributed by atoms with van der Waals surface area (Å²) in [5, 5.41) is 8.97. The summed E-state index contributed by atoms with van der Waals surface area (Å²) in [4.78, 5) is 0. The number of hydrogen-bond donors (Lipinski definition) is 2. The van der Waals surface area contributed by atoms with Crippen LogP contribution in [0.3, 0.4) is 0 Å². The average Bonchev–Trinajstić information content (AvgIpc) is 2.67. The summed E-state index contributed by atoms with van der Waals surface area (Å²) in [7, 11) is 0. The fourth-order valence-electron chi connectivity index (χ4n) is 3.58. The summed E-state index contributed by atoms with van der Waals surface area (Å²) < 4.78 is 11.5. The molecule has 0 aliphatic heterocycles. The van der Waals surface area contributed by atoms with Crippen molar-refractivity contribution >= 4 is 0 Å². The second-order valence-corrected chi connectivity index (χ2v) is 7.06. The molecule has 1 aromatic rings. The van der Waals surface area contributed by atoms with Gasteiger partial charge in [0.05, 0.1) is 25.9 Å². The summed E-state index contributed by atoms with van der Waals surface area (Å²) >= 11 is 0. The molecule has 26 heavy (non-hydrogen) atoms. The number of aryl methyl sites for hydroxylation is 1. The van der Waals surface area contributed by atoms with E-state index in [2.05, 4.69) is 18.2 Å². The van der Waals surface area contributed by atoms with Gasteiger partial charge in [0, 0.05) is 6.61 Å². The standard InChI is InChI=1S/C22H35NO3/c1-2-3-12-25-13-14-26-22-10-9-18-15-19(7-8-20(18)16-22)21(17-23)6-4-5-11-24/h2-3,7-8,15,21-22,24H,4-6,9-14,16-17,23H2,1H3/b3-2+/t21-,22+/m0/s1. The van der Waals surface area contributed by atoms with Crippen molar-refractivity contribution in [3.8, 4) is 0 Å². The molecule has 0 spiro atoms. The molecule has 0 saturated carbocycles. The molecular formula is C22H35NO3. The highest BCUT2D eigenvalue weighted by Gasteiger charge is 2.20. The zero-order chi connectivity index (χ0) is 18.6. The third kappa shape index (κ3) is 6.84. The van der Waals surface area contributed by atoms with Crippen molar-refractivity contribution in [1.82, 2.24) is 0 Å². The van der Waals surface area contributed by atoms with Crippen molar-refractivity contribution in [2.24, 2.45) is 5.73 Å². The van der Waals surface area contributed by atoms with Crippen LogP contribution < -0.4 is 5.73 Å². The Labute approximate surface area is 158 Å². The fourth-order valence-corrected chi connectivity index (χ4v) is 3.58. The van der Waals surface area contributed by atoms with Gasteiger partial charge in [-0.15, -0.1) is 0 Å². The smallest absolute Gasteiger partial charge is 0.0704 e. The SMILES string of the molecule is C/C=C/COCCO[C@@H]1CCc2cc([C@H](CN)CCCCO)ccc2C1. The van der Waals surface area contributed by atoms with Gasteiger partial charge in [-0.25, -0.2) is 0 Å². The first-order chi connectivity index (χ1) is 12.8. The first-order valence-corrected chi connectivity index (χ1v) is 10.0. The predicted molar refractivity (Wildman–Crippen MR) is 107 cm³/mol. The lowest BCUT2D eigenvalue weighted by Crippen LogP contribution is -2.24. The van der Waals surface area contributed by atoms with E-state index >= 15 is 0 Å². The number of fused-ring (bicyclic) bond motifs is 1. The van der Waals surface area contributed by atoms with E-state index in [1.54, 1.807) is 0 Å². The molecule has 0 bridgehead atoms. The van der Waals surface area contributed by atoms with Crippen molar-refractivity contribution in [2.45, 2.75) is 57.5 Å². The number of benzene rings is 1. The van der Waals surface area contributed by atoms with Crippen LogP contribution in [0.25, 0.3) is 0 Å². The van der Waals surface area contributed by atoms with Gasteiger partial charge in [0.15, 0.2) is 0 Å². The molecule has 3 N–H and O–H groups in total. The Bertz CT molecular complexity index is 544. The minimum atomic E-state index is 0.267. The molecule has 4 heteroatoms. The molecule has 4 nitrogen and oxygen atoms in total. The number of rotatable bonds is 12. The number of aliphatic hydroxyl groups is 1. The fraction of sp³-hybridized carbons (Fsp3) is 0.636. The van der Waals surface area contributed by atoms with Crippen molar-refractivity contribution in [3.05, 3.63) is 47.0 Å². The van der Waals surface area contributed by atoms with Gasteiger partial charge in [0.2, 0.25) is 0 Å². The molecule has 0 unspecified atom stereocenters. The van der Waals surface area contributed by atoms with E-state index in [0.717, 1.165) is 38.5 Å². The van der Waals surface area contributed by atoms with Crippen LogP contribution in [0.2, 0.25) is 0 Å². The highest BCUT2D eigenvalue weighted by atomic mass is 16.5. The van der Waals surface area contributed by atoms with Crippen molar-refractivity contribution in [2.75, 3.05) is 33.0 Å². The van der Waals surface area contributed by atoms with Crippen LogP contribution in [-0.4, -0.2) is 44.2 Å². The molecule has 146 valence electrons.